The molecule has 1 aromatic carbocycles. The van der Waals surface area contributed by atoms with Crippen molar-refractivity contribution in [2.24, 2.45) is 0 Å². The second-order valence-electron chi connectivity index (χ2n) is 5.97. The van der Waals surface area contributed by atoms with Crippen molar-refractivity contribution < 1.29 is 9.59 Å². The van der Waals surface area contributed by atoms with E-state index in [1.807, 2.05) is 25.1 Å². The predicted octanol–water partition coefficient (Wildman–Crippen LogP) is 2.75. The van der Waals surface area contributed by atoms with Gasteiger partial charge in [0.05, 0.1) is 17.5 Å². The molecule has 0 saturated heterocycles. The SMILES string of the molecule is CCc1c(C(=O)Nc2cccc(C(=O)NC)c2C)cnn1-c1ccccn1. The third-order valence-electron chi connectivity index (χ3n) is 4.37. The molecule has 2 N–H and O–H groups in total. The van der Waals surface area contributed by atoms with Gasteiger partial charge in [-0.3, -0.25) is 9.59 Å². The second kappa shape index (κ2) is 7.82. The van der Waals surface area contributed by atoms with Crippen molar-refractivity contribution in [3.63, 3.8) is 0 Å². The predicted molar refractivity (Wildman–Crippen MR) is 103 cm³/mol. The summed E-state index contributed by atoms with van der Waals surface area (Å²) in [7, 11) is 1.58. The molecule has 0 bridgehead atoms. The molecular formula is C20H21N5O2. The summed E-state index contributed by atoms with van der Waals surface area (Å²) in [6, 6.07) is 10.8. The van der Waals surface area contributed by atoms with E-state index in [2.05, 4.69) is 20.7 Å². The summed E-state index contributed by atoms with van der Waals surface area (Å²) < 4.78 is 1.67. The van der Waals surface area contributed by atoms with Gasteiger partial charge in [-0.05, 0) is 43.2 Å². The van der Waals surface area contributed by atoms with Gasteiger partial charge in [-0.1, -0.05) is 19.1 Å². The maximum Gasteiger partial charge on any atom is 0.259 e. The van der Waals surface area contributed by atoms with Gasteiger partial charge >= 0.3 is 0 Å². The lowest BCUT2D eigenvalue weighted by molar-refractivity contribution is 0.0960. The number of anilines is 1. The first kappa shape index (κ1) is 18.3. The Balaban J connectivity index is 1.92. The molecular weight excluding hydrogens is 342 g/mol. The van der Waals surface area contributed by atoms with E-state index in [-0.39, 0.29) is 11.8 Å². The van der Waals surface area contributed by atoms with Crippen molar-refractivity contribution in [2.75, 3.05) is 12.4 Å². The van der Waals surface area contributed by atoms with Crippen molar-refractivity contribution in [3.8, 4) is 5.82 Å². The number of pyridine rings is 1. The molecule has 2 heterocycles. The molecule has 27 heavy (non-hydrogen) atoms. The maximum absolute atomic E-state index is 12.9. The molecule has 0 aliphatic rings. The number of nitrogens with zero attached hydrogens (tertiary/aromatic N) is 3. The van der Waals surface area contributed by atoms with E-state index < -0.39 is 0 Å². The first-order valence-electron chi connectivity index (χ1n) is 8.68. The van der Waals surface area contributed by atoms with Gasteiger partial charge in [-0.2, -0.15) is 5.10 Å². The zero-order valence-electron chi connectivity index (χ0n) is 15.5. The molecule has 3 aromatic rings. The normalized spacial score (nSPS) is 10.5. The van der Waals surface area contributed by atoms with Gasteiger partial charge in [-0.25, -0.2) is 9.67 Å². The Hall–Kier alpha value is -3.48. The van der Waals surface area contributed by atoms with Gasteiger partial charge < -0.3 is 10.6 Å². The molecule has 0 atom stereocenters. The van der Waals surface area contributed by atoms with Crippen LogP contribution in [0.2, 0.25) is 0 Å². The van der Waals surface area contributed by atoms with Gasteiger partial charge in [0.15, 0.2) is 5.82 Å². The molecule has 0 fully saturated rings. The number of benzene rings is 1. The number of rotatable bonds is 5. The fourth-order valence-corrected chi connectivity index (χ4v) is 2.92. The molecule has 0 aliphatic heterocycles. The molecule has 0 unspecified atom stereocenters. The Morgan fingerprint density at radius 2 is 1.89 bits per heavy atom. The Labute approximate surface area is 157 Å². The lowest BCUT2D eigenvalue weighted by Gasteiger charge is -2.12. The first-order chi connectivity index (χ1) is 13.1. The van der Waals surface area contributed by atoms with E-state index >= 15 is 0 Å². The number of carbonyl (C=O) groups is 2. The van der Waals surface area contributed by atoms with Crippen LogP contribution in [0.3, 0.4) is 0 Å². The van der Waals surface area contributed by atoms with Crippen LogP contribution in [0.25, 0.3) is 5.82 Å². The lowest BCUT2D eigenvalue weighted by atomic mass is 10.1. The summed E-state index contributed by atoms with van der Waals surface area (Å²) in [5, 5.41) is 9.83. The van der Waals surface area contributed by atoms with Crippen LogP contribution in [0.4, 0.5) is 5.69 Å². The molecule has 0 radical (unpaired) electrons. The number of carbonyl (C=O) groups excluding carboxylic acids is 2. The highest BCUT2D eigenvalue weighted by Crippen LogP contribution is 2.21. The standard InChI is InChI=1S/C20H21N5O2/c1-4-17-15(12-23-25(17)18-10-5-6-11-22-18)20(27)24-16-9-7-8-14(13(16)2)19(26)21-3/h5-12H,4H2,1-3H3,(H,21,26)(H,24,27). The molecule has 2 aromatic heterocycles. The van der Waals surface area contributed by atoms with Crippen LogP contribution in [0.1, 0.15) is 38.9 Å². The molecule has 0 saturated carbocycles. The van der Waals surface area contributed by atoms with Crippen molar-refractivity contribution in [3.05, 3.63) is 71.2 Å². The molecule has 2 amide bonds. The summed E-state index contributed by atoms with van der Waals surface area (Å²) in [5.41, 5.74) is 3.07. The van der Waals surface area contributed by atoms with Crippen LogP contribution >= 0.6 is 0 Å². The number of aromatic nitrogens is 3. The molecule has 3 rings (SSSR count). The minimum atomic E-state index is -0.272. The highest BCUT2D eigenvalue weighted by Gasteiger charge is 2.19. The van der Waals surface area contributed by atoms with Gasteiger partial charge in [0, 0.05) is 24.5 Å². The van der Waals surface area contributed by atoms with E-state index in [0.717, 1.165) is 5.69 Å². The maximum atomic E-state index is 12.9. The van der Waals surface area contributed by atoms with Crippen molar-refractivity contribution in [1.82, 2.24) is 20.1 Å². The molecule has 7 heteroatoms. The van der Waals surface area contributed by atoms with Gasteiger partial charge in [0.2, 0.25) is 0 Å². The van der Waals surface area contributed by atoms with E-state index in [1.165, 1.54) is 0 Å². The third-order valence-corrected chi connectivity index (χ3v) is 4.37. The molecule has 0 aliphatic carbocycles. The van der Waals surface area contributed by atoms with Crippen molar-refractivity contribution >= 4 is 17.5 Å². The number of amides is 2. The fraction of sp³-hybridized carbons (Fsp3) is 0.200. The third kappa shape index (κ3) is 3.57. The number of nitrogens with one attached hydrogen (secondary N) is 2. The zero-order valence-corrected chi connectivity index (χ0v) is 15.5. The highest BCUT2D eigenvalue weighted by atomic mass is 16.2. The Morgan fingerprint density at radius 3 is 2.56 bits per heavy atom. The van der Waals surface area contributed by atoms with Crippen LogP contribution < -0.4 is 10.6 Å². The topological polar surface area (TPSA) is 88.9 Å². The minimum absolute atomic E-state index is 0.194. The second-order valence-corrected chi connectivity index (χ2v) is 5.97. The van der Waals surface area contributed by atoms with E-state index in [9.17, 15) is 9.59 Å². The summed E-state index contributed by atoms with van der Waals surface area (Å²) in [6.07, 6.45) is 3.85. The Morgan fingerprint density at radius 1 is 1.07 bits per heavy atom. The Bertz CT molecular complexity index is 979. The summed E-state index contributed by atoms with van der Waals surface area (Å²) in [6.45, 7) is 3.77. The van der Waals surface area contributed by atoms with Crippen LogP contribution in [0.15, 0.2) is 48.8 Å². The molecule has 138 valence electrons. The Kier molecular flexibility index (Phi) is 5.30. The largest absolute Gasteiger partial charge is 0.355 e. The quantitative estimate of drug-likeness (QED) is 0.729. The molecule has 7 nitrogen and oxygen atoms in total. The lowest BCUT2D eigenvalue weighted by Crippen LogP contribution is -2.20. The minimum Gasteiger partial charge on any atom is -0.355 e. The monoisotopic (exact) mass is 363 g/mol. The summed E-state index contributed by atoms with van der Waals surface area (Å²) in [5.74, 6) is 0.193. The average molecular weight is 363 g/mol. The van der Waals surface area contributed by atoms with Crippen LogP contribution in [0.5, 0.6) is 0 Å². The van der Waals surface area contributed by atoms with Gasteiger partial charge in [-0.15, -0.1) is 0 Å². The fourth-order valence-electron chi connectivity index (χ4n) is 2.92. The first-order valence-corrected chi connectivity index (χ1v) is 8.68. The van der Waals surface area contributed by atoms with Gasteiger partial charge in [0.1, 0.15) is 0 Å². The van der Waals surface area contributed by atoms with Crippen LogP contribution in [-0.4, -0.2) is 33.6 Å². The van der Waals surface area contributed by atoms with Crippen molar-refractivity contribution in [1.29, 1.82) is 0 Å². The van der Waals surface area contributed by atoms with E-state index in [0.29, 0.717) is 34.6 Å². The molecule has 0 spiro atoms. The zero-order chi connectivity index (χ0) is 19.4. The van der Waals surface area contributed by atoms with E-state index in [4.69, 9.17) is 0 Å². The summed E-state index contributed by atoms with van der Waals surface area (Å²) in [4.78, 5) is 29.1. The van der Waals surface area contributed by atoms with Crippen molar-refractivity contribution in [2.45, 2.75) is 20.3 Å². The smallest absolute Gasteiger partial charge is 0.259 e. The van der Waals surface area contributed by atoms with Crippen LogP contribution in [-0.2, 0) is 6.42 Å². The number of hydrogen-bond acceptors (Lipinski definition) is 4. The van der Waals surface area contributed by atoms with E-state index in [1.54, 1.807) is 49.2 Å². The van der Waals surface area contributed by atoms with Gasteiger partial charge in [0.25, 0.3) is 11.8 Å². The average Bonchev–Trinajstić information content (AvgIpc) is 3.14. The van der Waals surface area contributed by atoms with Crippen LogP contribution in [0, 0.1) is 6.92 Å². The highest BCUT2D eigenvalue weighted by molar-refractivity contribution is 6.06. The number of hydrogen-bond donors (Lipinski definition) is 2. The summed E-state index contributed by atoms with van der Waals surface area (Å²) >= 11 is 0.